The minimum atomic E-state index is -3.27. The molecular formula is C9H18O4S. The summed E-state index contributed by atoms with van der Waals surface area (Å²) in [5, 5.41) is 0. The predicted molar refractivity (Wildman–Crippen MR) is 54.6 cm³/mol. The fourth-order valence-corrected chi connectivity index (χ4v) is 1.84. The quantitative estimate of drug-likeness (QED) is 0.337. The second kappa shape index (κ2) is 7.94. The van der Waals surface area contributed by atoms with Crippen molar-refractivity contribution in [2.24, 2.45) is 0 Å². The van der Waals surface area contributed by atoms with Gasteiger partial charge in [0.05, 0.1) is 12.9 Å². The Morgan fingerprint density at radius 1 is 1.07 bits per heavy atom. The Hall–Kier alpha value is -0.420. The van der Waals surface area contributed by atoms with Gasteiger partial charge in [-0.1, -0.05) is 19.3 Å². The molecule has 5 heteroatoms. The van der Waals surface area contributed by atoms with Crippen molar-refractivity contribution in [2.75, 3.05) is 12.9 Å². The molecule has 0 rings (SSSR count). The first-order chi connectivity index (χ1) is 6.62. The number of aldehydes is 1. The summed E-state index contributed by atoms with van der Waals surface area (Å²) in [5.74, 6) is 0.0944. The smallest absolute Gasteiger partial charge is 0.267 e. The van der Waals surface area contributed by atoms with Crippen molar-refractivity contribution in [1.29, 1.82) is 0 Å². The van der Waals surface area contributed by atoms with Crippen LogP contribution < -0.4 is 0 Å². The minimum Gasteiger partial charge on any atom is -0.303 e. The normalized spacial score (nSPS) is 11.5. The van der Waals surface area contributed by atoms with E-state index in [1.807, 2.05) is 0 Å². The van der Waals surface area contributed by atoms with E-state index in [2.05, 4.69) is 4.18 Å². The van der Waals surface area contributed by atoms with Crippen molar-refractivity contribution in [2.45, 2.75) is 38.5 Å². The first kappa shape index (κ1) is 13.6. The molecule has 0 heterocycles. The largest absolute Gasteiger partial charge is 0.303 e. The maximum absolute atomic E-state index is 10.9. The van der Waals surface area contributed by atoms with E-state index in [0.717, 1.165) is 32.0 Å². The lowest BCUT2D eigenvalue weighted by Crippen LogP contribution is -2.07. The molecule has 0 aromatic rings. The highest BCUT2D eigenvalue weighted by atomic mass is 32.2. The Morgan fingerprint density at radius 2 is 1.64 bits per heavy atom. The number of hydrogen-bond acceptors (Lipinski definition) is 4. The Labute approximate surface area is 85.8 Å². The molecule has 0 aliphatic heterocycles. The Kier molecular flexibility index (Phi) is 7.70. The van der Waals surface area contributed by atoms with Gasteiger partial charge in [-0.05, 0) is 12.8 Å². The third kappa shape index (κ3) is 8.19. The Balaban J connectivity index is 3.26. The monoisotopic (exact) mass is 222 g/mol. The summed E-state index contributed by atoms with van der Waals surface area (Å²) in [6.45, 7) is 0. The van der Waals surface area contributed by atoms with Crippen LogP contribution in [0, 0.1) is 0 Å². The molecule has 0 saturated carbocycles. The second-order valence-electron chi connectivity index (χ2n) is 3.15. The van der Waals surface area contributed by atoms with Gasteiger partial charge in [-0.15, -0.1) is 0 Å². The molecule has 0 atom stereocenters. The summed E-state index contributed by atoms with van der Waals surface area (Å²) in [5.41, 5.74) is 0. The summed E-state index contributed by atoms with van der Waals surface area (Å²) in [6, 6.07) is 0. The van der Waals surface area contributed by atoms with E-state index in [9.17, 15) is 13.2 Å². The average molecular weight is 222 g/mol. The van der Waals surface area contributed by atoms with Gasteiger partial charge in [0.2, 0.25) is 0 Å². The van der Waals surface area contributed by atoms with Crippen LogP contribution in [0.4, 0.5) is 0 Å². The highest BCUT2D eigenvalue weighted by Gasteiger charge is 2.06. The molecule has 0 bridgehead atoms. The lowest BCUT2D eigenvalue weighted by molar-refractivity contribution is -0.107. The highest BCUT2D eigenvalue weighted by Crippen LogP contribution is 2.06. The number of carbonyl (C=O) groups is 1. The van der Waals surface area contributed by atoms with Crippen LogP contribution in [0.1, 0.15) is 38.5 Å². The maximum Gasteiger partial charge on any atom is 0.267 e. The molecule has 84 valence electrons. The summed E-state index contributed by atoms with van der Waals surface area (Å²) in [7, 11) is -2.09. The van der Waals surface area contributed by atoms with Gasteiger partial charge in [-0.3, -0.25) is 4.18 Å². The summed E-state index contributed by atoms with van der Waals surface area (Å²) in [4.78, 5) is 9.97. The van der Waals surface area contributed by atoms with Crippen molar-refractivity contribution in [3.63, 3.8) is 0 Å². The molecule has 0 aliphatic carbocycles. The zero-order chi connectivity index (χ0) is 10.9. The Morgan fingerprint density at radius 3 is 2.21 bits per heavy atom. The summed E-state index contributed by atoms with van der Waals surface area (Å²) < 4.78 is 26.0. The summed E-state index contributed by atoms with van der Waals surface area (Å²) in [6.07, 6.45) is 5.91. The number of carbonyl (C=O) groups excluding carboxylic acids is 1. The number of hydrogen-bond donors (Lipinski definition) is 0. The van der Waals surface area contributed by atoms with E-state index in [0.29, 0.717) is 12.8 Å². The van der Waals surface area contributed by atoms with Crippen molar-refractivity contribution in [1.82, 2.24) is 0 Å². The Bertz CT molecular complexity index is 233. The fourth-order valence-electron chi connectivity index (χ4n) is 1.12. The third-order valence-electron chi connectivity index (χ3n) is 1.97. The molecule has 0 fully saturated rings. The lowest BCUT2D eigenvalue weighted by atomic mass is 10.1. The molecule has 0 spiro atoms. The van der Waals surface area contributed by atoms with Gasteiger partial charge in [0, 0.05) is 6.42 Å². The number of rotatable bonds is 9. The van der Waals surface area contributed by atoms with E-state index in [1.54, 1.807) is 0 Å². The molecule has 0 unspecified atom stereocenters. The van der Waals surface area contributed by atoms with Crippen molar-refractivity contribution < 1.29 is 17.4 Å². The van der Waals surface area contributed by atoms with E-state index >= 15 is 0 Å². The van der Waals surface area contributed by atoms with Crippen LogP contribution in [0.2, 0.25) is 0 Å². The van der Waals surface area contributed by atoms with E-state index < -0.39 is 10.1 Å². The zero-order valence-corrected chi connectivity index (χ0v) is 9.38. The molecule has 0 aliphatic rings. The van der Waals surface area contributed by atoms with Gasteiger partial charge in [0.1, 0.15) is 6.29 Å². The molecular weight excluding hydrogens is 204 g/mol. The van der Waals surface area contributed by atoms with Gasteiger partial charge in [0.15, 0.2) is 0 Å². The van der Waals surface area contributed by atoms with Crippen LogP contribution in [0.3, 0.4) is 0 Å². The van der Waals surface area contributed by atoms with Gasteiger partial charge < -0.3 is 4.79 Å². The van der Waals surface area contributed by atoms with Crippen molar-refractivity contribution >= 4 is 16.4 Å². The minimum absolute atomic E-state index is 0.0944. The first-order valence-corrected chi connectivity index (χ1v) is 6.42. The van der Waals surface area contributed by atoms with E-state index in [1.165, 1.54) is 7.11 Å². The van der Waals surface area contributed by atoms with Gasteiger partial charge in [0.25, 0.3) is 10.1 Å². The molecule has 0 N–H and O–H groups in total. The van der Waals surface area contributed by atoms with Crippen LogP contribution in [-0.4, -0.2) is 27.6 Å². The zero-order valence-electron chi connectivity index (χ0n) is 8.57. The van der Waals surface area contributed by atoms with Crippen molar-refractivity contribution in [3.8, 4) is 0 Å². The molecule has 4 nitrogen and oxygen atoms in total. The molecule has 0 aromatic carbocycles. The van der Waals surface area contributed by atoms with Crippen LogP contribution >= 0.6 is 0 Å². The summed E-state index contributed by atoms with van der Waals surface area (Å²) >= 11 is 0. The van der Waals surface area contributed by atoms with E-state index in [4.69, 9.17) is 0 Å². The van der Waals surface area contributed by atoms with Crippen LogP contribution in [0.25, 0.3) is 0 Å². The number of unbranched alkanes of at least 4 members (excludes halogenated alkanes) is 5. The maximum atomic E-state index is 10.9. The SMILES string of the molecule is COS(=O)(=O)CCCCCCCC=O. The molecule has 14 heavy (non-hydrogen) atoms. The lowest BCUT2D eigenvalue weighted by Gasteiger charge is -2.00. The predicted octanol–water partition coefficient (Wildman–Crippen LogP) is 1.50. The third-order valence-corrected chi connectivity index (χ3v) is 3.27. The molecule has 0 aromatic heterocycles. The average Bonchev–Trinajstić information content (AvgIpc) is 2.16. The van der Waals surface area contributed by atoms with E-state index in [-0.39, 0.29) is 5.75 Å². The first-order valence-electron chi connectivity index (χ1n) is 4.84. The van der Waals surface area contributed by atoms with Crippen molar-refractivity contribution in [3.05, 3.63) is 0 Å². The van der Waals surface area contributed by atoms with Crippen LogP contribution in [-0.2, 0) is 19.1 Å². The topological polar surface area (TPSA) is 60.4 Å². The molecule has 0 saturated heterocycles. The van der Waals surface area contributed by atoms with Crippen LogP contribution in [0.15, 0.2) is 0 Å². The second-order valence-corrected chi connectivity index (χ2v) is 5.01. The van der Waals surface area contributed by atoms with Crippen LogP contribution in [0.5, 0.6) is 0 Å². The van der Waals surface area contributed by atoms with Gasteiger partial charge in [-0.2, -0.15) is 8.42 Å². The van der Waals surface area contributed by atoms with Gasteiger partial charge in [-0.25, -0.2) is 0 Å². The standard InChI is InChI=1S/C9H18O4S/c1-13-14(11,12)9-7-5-3-2-4-6-8-10/h8H,2-7,9H2,1H3. The van der Waals surface area contributed by atoms with Gasteiger partial charge >= 0.3 is 0 Å². The molecule has 0 radical (unpaired) electrons. The molecule has 0 amide bonds. The highest BCUT2D eigenvalue weighted by molar-refractivity contribution is 7.86. The fraction of sp³-hybridized carbons (Fsp3) is 0.889.